The van der Waals surface area contributed by atoms with E-state index in [9.17, 15) is 25.5 Å². The number of aliphatic hydroxyl groups is 5. The summed E-state index contributed by atoms with van der Waals surface area (Å²) in [5.74, 6) is 0.787. The average Bonchev–Trinajstić information content (AvgIpc) is 3.07. The number of aliphatic hydroxyl groups excluding tert-OH is 5. The zero-order chi connectivity index (χ0) is 24.8. The number of hydrogen-bond acceptors (Lipinski definition) is 5. The Balaban J connectivity index is 1.58. The summed E-state index contributed by atoms with van der Waals surface area (Å²) in [5, 5.41) is 51.7. The molecule has 4 rings (SSSR count). The second-order valence-electron chi connectivity index (χ2n) is 12.3. The fourth-order valence-corrected chi connectivity index (χ4v) is 8.35. The first-order chi connectivity index (χ1) is 16.1. The van der Waals surface area contributed by atoms with E-state index in [-0.39, 0.29) is 59.9 Å². The third-order valence-corrected chi connectivity index (χ3v) is 10.4. The van der Waals surface area contributed by atoms with Crippen LogP contribution < -0.4 is 0 Å². The van der Waals surface area contributed by atoms with E-state index in [4.69, 9.17) is 0 Å². The van der Waals surface area contributed by atoms with Gasteiger partial charge in [0.1, 0.15) is 0 Å². The highest BCUT2D eigenvalue weighted by molar-refractivity contribution is 5.48. The Kier molecular flexibility index (Phi) is 7.53. The minimum absolute atomic E-state index is 0.0132. The van der Waals surface area contributed by atoms with Crippen molar-refractivity contribution < 1.29 is 25.5 Å². The molecule has 34 heavy (non-hydrogen) atoms. The van der Waals surface area contributed by atoms with Gasteiger partial charge in [-0.15, -0.1) is 0 Å². The second kappa shape index (κ2) is 9.82. The average molecular weight is 475 g/mol. The van der Waals surface area contributed by atoms with Gasteiger partial charge < -0.3 is 25.5 Å². The largest absolute Gasteiger partial charge is 0.396 e. The smallest absolute Gasteiger partial charge is 0.0764 e. The molecule has 4 aliphatic rings. The van der Waals surface area contributed by atoms with E-state index in [1.807, 2.05) is 13.0 Å². The molecule has 0 aromatic heterocycles. The monoisotopic (exact) mass is 474 g/mol. The Hall–Kier alpha value is -0.980. The summed E-state index contributed by atoms with van der Waals surface area (Å²) in [6, 6.07) is 0. The van der Waals surface area contributed by atoms with E-state index in [2.05, 4.69) is 32.9 Å². The van der Waals surface area contributed by atoms with Crippen molar-refractivity contribution in [2.24, 2.45) is 40.4 Å². The minimum atomic E-state index is -0.547. The summed E-state index contributed by atoms with van der Waals surface area (Å²) in [5.41, 5.74) is 3.54. The highest BCUT2D eigenvalue weighted by Gasteiger charge is 2.59. The lowest BCUT2D eigenvalue weighted by Gasteiger charge is -2.54. The molecule has 0 heterocycles. The molecule has 4 aliphatic carbocycles. The van der Waals surface area contributed by atoms with Crippen LogP contribution in [-0.2, 0) is 0 Å². The van der Waals surface area contributed by atoms with Crippen molar-refractivity contribution in [1.29, 1.82) is 0 Å². The van der Waals surface area contributed by atoms with Crippen LogP contribution in [0.1, 0.15) is 72.6 Å². The SMILES string of the molecule is C[C@H](CO)C(=CCO)CC[C@@H](C)[C@H]1[C@@H](O)C[C@H]2C3=C[C@@H](O)[C@H]4C[C@@H](O)CC[C@]4(C)C3=CC[C@]12C. The van der Waals surface area contributed by atoms with Crippen molar-refractivity contribution >= 4 is 0 Å². The molecular weight excluding hydrogens is 428 g/mol. The van der Waals surface area contributed by atoms with Crippen LogP contribution in [0.4, 0.5) is 0 Å². The molecule has 0 saturated heterocycles. The van der Waals surface area contributed by atoms with Gasteiger partial charge in [0, 0.05) is 18.4 Å². The Labute approximate surface area is 205 Å². The lowest BCUT2D eigenvalue weighted by Crippen LogP contribution is -2.49. The zero-order valence-electron chi connectivity index (χ0n) is 21.5. The van der Waals surface area contributed by atoms with Gasteiger partial charge in [0.15, 0.2) is 0 Å². The van der Waals surface area contributed by atoms with Gasteiger partial charge in [-0.1, -0.05) is 51.5 Å². The topological polar surface area (TPSA) is 101 Å². The van der Waals surface area contributed by atoms with Crippen molar-refractivity contribution in [2.75, 3.05) is 13.2 Å². The molecule has 192 valence electrons. The zero-order valence-corrected chi connectivity index (χ0v) is 21.5. The highest BCUT2D eigenvalue weighted by atomic mass is 16.3. The van der Waals surface area contributed by atoms with Crippen LogP contribution in [-0.4, -0.2) is 57.1 Å². The third-order valence-electron chi connectivity index (χ3n) is 10.4. The van der Waals surface area contributed by atoms with Crippen LogP contribution in [0.15, 0.2) is 34.9 Å². The molecule has 5 heteroatoms. The molecule has 10 atom stereocenters. The number of rotatable bonds is 7. The van der Waals surface area contributed by atoms with Crippen LogP contribution in [0.25, 0.3) is 0 Å². The van der Waals surface area contributed by atoms with E-state index < -0.39 is 6.10 Å². The lowest BCUT2D eigenvalue weighted by molar-refractivity contribution is -0.0240. The molecule has 0 spiro atoms. The first-order valence-electron chi connectivity index (χ1n) is 13.4. The standard InChI is InChI=1S/C29H46O5/c1-17(5-6-19(9-12-30)18(2)16-31)27-26(34)15-23-21-14-25(33)24-13-20(32)7-10-28(24,3)22(21)8-11-29(23,27)4/h8-9,14,17-18,20,23-27,30-34H,5-7,10-13,15-16H2,1-4H3/t17-,18-,20+,23+,24-,25-,26+,27+,28-,29+/m1/s1. The Morgan fingerprint density at radius 2 is 1.88 bits per heavy atom. The Bertz CT molecular complexity index is 845. The van der Waals surface area contributed by atoms with Gasteiger partial charge in [-0.25, -0.2) is 0 Å². The van der Waals surface area contributed by atoms with Gasteiger partial charge >= 0.3 is 0 Å². The quantitative estimate of drug-likeness (QED) is 0.362. The molecule has 0 aromatic rings. The van der Waals surface area contributed by atoms with Crippen LogP contribution in [0.2, 0.25) is 0 Å². The molecule has 0 aliphatic heterocycles. The maximum Gasteiger partial charge on any atom is 0.0764 e. The predicted octanol–water partition coefficient (Wildman–Crippen LogP) is 3.75. The molecule has 0 aromatic carbocycles. The van der Waals surface area contributed by atoms with Crippen molar-refractivity contribution in [3.63, 3.8) is 0 Å². The second-order valence-corrected chi connectivity index (χ2v) is 12.3. The van der Waals surface area contributed by atoms with Crippen LogP contribution in [0.5, 0.6) is 0 Å². The number of fused-ring (bicyclic) bond motifs is 5. The molecule has 0 unspecified atom stereocenters. The van der Waals surface area contributed by atoms with Gasteiger partial charge in [-0.3, -0.25) is 0 Å². The van der Waals surface area contributed by atoms with E-state index in [0.717, 1.165) is 44.1 Å². The summed E-state index contributed by atoms with van der Waals surface area (Å²) in [7, 11) is 0. The molecule has 0 bridgehead atoms. The molecule has 0 amide bonds. The molecular formula is C29H46O5. The normalized spacial score (nSPS) is 43.9. The summed E-state index contributed by atoms with van der Waals surface area (Å²) in [4.78, 5) is 0. The predicted molar refractivity (Wildman–Crippen MR) is 134 cm³/mol. The van der Waals surface area contributed by atoms with Crippen molar-refractivity contribution in [2.45, 2.75) is 91.0 Å². The molecule has 5 N–H and O–H groups in total. The Morgan fingerprint density at radius 1 is 1.15 bits per heavy atom. The van der Waals surface area contributed by atoms with Crippen LogP contribution in [0.3, 0.4) is 0 Å². The maximum absolute atomic E-state index is 11.3. The first kappa shape index (κ1) is 26.1. The molecule has 2 saturated carbocycles. The van der Waals surface area contributed by atoms with Gasteiger partial charge in [0.25, 0.3) is 0 Å². The molecule has 2 fully saturated rings. The lowest BCUT2D eigenvalue weighted by atomic mass is 9.51. The van der Waals surface area contributed by atoms with Crippen molar-refractivity contribution in [3.05, 3.63) is 34.9 Å². The number of allylic oxidation sites excluding steroid dienone is 3. The maximum atomic E-state index is 11.3. The van der Waals surface area contributed by atoms with E-state index >= 15 is 0 Å². The number of hydrogen-bond donors (Lipinski definition) is 5. The van der Waals surface area contributed by atoms with Gasteiger partial charge in [0.05, 0.1) is 24.9 Å². The van der Waals surface area contributed by atoms with E-state index in [1.165, 1.54) is 11.1 Å². The summed E-state index contributed by atoms with van der Waals surface area (Å²) >= 11 is 0. The van der Waals surface area contributed by atoms with Gasteiger partial charge in [0.2, 0.25) is 0 Å². The third kappa shape index (κ3) is 4.26. The Morgan fingerprint density at radius 3 is 2.56 bits per heavy atom. The minimum Gasteiger partial charge on any atom is -0.396 e. The van der Waals surface area contributed by atoms with E-state index in [1.54, 1.807) is 0 Å². The summed E-state index contributed by atoms with van der Waals surface area (Å²) < 4.78 is 0. The van der Waals surface area contributed by atoms with Crippen molar-refractivity contribution in [3.8, 4) is 0 Å². The van der Waals surface area contributed by atoms with E-state index in [0.29, 0.717) is 12.3 Å². The van der Waals surface area contributed by atoms with Gasteiger partial charge in [-0.05, 0) is 84.7 Å². The fourth-order valence-electron chi connectivity index (χ4n) is 8.35. The van der Waals surface area contributed by atoms with Crippen LogP contribution >= 0.6 is 0 Å². The fraction of sp³-hybridized carbons (Fsp3) is 0.793. The van der Waals surface area contributed by atoms with Crippen molar-refractivity contribution in [1.82, 2.24) is 0 Å². The van der Waals surface area contributed by atoms with Gasteiger partial charge in [-0.2, -0.15) is 0 Å². The molecule has 5 nitrogen and oxygen atoms in total. The summed E-state index contributed by atoms with van der Waals surface area (Å²) in [6.07, 6.45) is 10.8. The summed E-state index contributed by atoms with van der Waals surface area (Å²) in [6.45, 7) is 8.89. The highest BCUT2D eigenvalue weighted by Crippen LogP contribution is 2.65. The molecule has 0 radical (unpaired) electrons. The van der Waals surface area contributed by atoms with Crippen LogP contribution in [0, 0.1) is 40.4 Å². The first-order valence-corrected chi connectivity index (χ1v) is 13.4.